The number of allylic oxidation sites excluding steroid dienone is 1. The molecule has 0 bridgehead atoms. The van der Waals surface area contributed by atoms with Crippen LogP contribution in [0.1, 0.15) is 11.5 Å². The van der Waals surface area contributed by atoms with Crippen molar-refractivity contribution in [1.82, 2.24) is 0 Å². The van der Waals surface area contributed by atoms with Crippen molar-refractivity contribution in [2.24, 2.45) is 0 Å². The quantitative estimate of drug-likeness (QED) is 0.917. The average Bonchev–Trinajstić information content (AvgIpc) is 2.83. The topological polar surface area (TPSA) is 29.1 Å². The van der Waals surface area contributed by atoms with Crippen molar-refractivity contribution in [3.63, 3.8) is 0 Å². The zero-order valence-corrected chi connectivity index (χ0v) is 12.4. The van der Waals surface area contributed by atoms with E-state index in [9.17, 15) is 4.79 Å². The van der Waals surface area contributed by atoms with Crippen LogP contribution in [0.25, 0.3) is 0 Å². The number of hydrogen-bond donors (Lipinski definition) is 1. The van der Waals surface area contributed by atoms with Gasteiger partial charge in [0.2, 0.25) is 0 Å². The van der Waals surface area contributed by atoms with E-state index in [0.29, 0.717) is 0 Å². The lowest BCUT2D eigenvalue weighted by atomic mass is 9.92. The van der Waals surface area contributed by atoms with E-state index >= 15 is 0 Å². The van der Waals surface area contributed by atoms with E-state index in [0.717, 1.165) is 15.7 Å². The Morgan fingerprint density at radius 3 is 2.35 bits per heavy atom. The second-order valence-electron chi connectivity index (χ2n) is 4.83. The number of anilines is 1. The van der Waals surface area contributed by atoms with Crippen LogP contribution >= 0.6 is 15.9 Å². The number of carbonyl (C=O) groups is 1. The fourth-order valence-corrected chi connectivity index (χ4v) is 2.76. The van der Waals surface area contributed by atoms with Gasteiger partial charge in [0.1, 0.15) is 0 Å². The van der Waals surface area contributed by atoms with Gasteiger partial charge in [-0.3, -0.25) is 4.79 Å². The summed E-state index contributed by atoms with van der Waals surface area (Å²) in [5.74, 6) is 0.0191. The first-order chi connectivity index (χ1) is 9.74. The number of ketones is 1. The maximum atomic E-state index is 12.1. The summed E-state index contributed by atoms with van der Waals surface area (Å²) in [6, 6.07) is 17.9. The Labute approximate surface area is 126 Å². The van der Waals surface area contributed by atoms with Gasteiger partial charge >= 0.3 is 0 Å². The van der Waals surface area contributed by atoms with Gasteiger partial charge in [-0.15, -0.1) is 0 Å². The van der Waals surface area contributed by atoms with Crippen molar-refractivity contribution in [3.05, 3.63) is 76.8 Å². The van der Waals surface area contributed by atoms with Gasteiger partial charge in [-0.25, -0.2) is 0 Å². The number of carbonyl (C=O) groups excluding carboxylic acids is 1. The van der Waals surface area contributed by atoms with Gasteiger partial charge in [0, 0.05) is 10.2 Å². The highest BCUT2D eigenvalue weighted by Crippen LogP contribution is 2.29. The first-order valence-corrected chi connectivity index (χ1v) is 7.32. The number of benzene rings is 2. The third kappa shape index (κ3) is 2.68. The average molecular weight is 328 g/mol. The fraction of sp³-hybridized carbons (Fsp3) is 0.118. The fourth-order valence-electron chi connectivity index (χ4n) is 2.49. The van der Waals surface area contributed by atoms with Gasteiger partial charge in [-0.1, -0.05) is 52.3 Å². The molecule has 0 heterocycles. The Morgan fingerprint density at radius 2 is 1.65 bits per heavy atom. The Bertz CT molecular complexity index is 634. The summed E-state index contributed by atoms with van der Waals surface area (Å²) in [6.45, 7) is 0. The largest absolute Gasteiger partial charge is 0.378 e. The molecule has 0 spiro atoms. The smallest absolute Gasteiger partial charge is 0.165 e. The molecule has 3 heteroatoms. The molecule has 1 aliphatic rings. The minimum Gasteiger partial charge on any atom is -0.378 e. The SMILES string of the molecule is O=C1C=CC(Nc2ccc(Br)cc2)C1c1ccccc1. The van der Waals surface area contributed by atoms with Crippen LogP contribution in [0.2, 0.25) is 0 Å². The Morgan fingerprint density at radius 1 is 0.950 bits per heavy atom. The van der Waals surface area contributed by atoms with Crippen LogP contribution in [-0.4, -0.2) is 11.8 Å². The van der Waals surface area contributed by atoms with E-state index < -0.39 is 0 Å². The van der Waals surface area contributed by atoms with E-state index in [1.54, 1.807) is 6.08 Å². The summed E-state index contributed by atoms with van der Waals surface area (Å²) in [6.07, 6.45) is 3.62. The van der Waals surface area contributed by atoms with Crippen molar-refractivity contribution in [2.75, 3.05) is 5.32 Å². The molecule has 2 aromatic rings. The first kappa shape index (κ1) is 13.1. The number of nitrogens with one attached hydrogen (secondary N) is 1. The van der Waals surface area contributed by atoms with Crippen molar-refractivity contribution in [3.8, 4) is 0 Å². The maximum Gasteiger partial charge on any atom is 0.165 e. The summed E-state index contributed by atoms with van der Waals surface area (Å²) in [4.78, 5) is 12.1. The minimum atomic E-state index is -0.139. The molecule has 0 saturated carbocycles. The zero-order valence-electron chi connectivity index (χ0n) is 10.8. The van der Waals surface area contributed by atoms with Crippen LogP contribution < -0.4 is 5.32 Å². The monoisotopic (exact) mass is 327 g/mol. The summed E-state index contributed by atoms with van der Waals surface area (Å²) < 4.78 is 1.04. The predicted octanol–water partition coefficient (Wildman–Crippen LogP) is 4.15. The van der Waals surface area contributed by atoms with Gasteiger partial charge in [-0.2, -0.15) is 0 Å². The summed E-state index contributed by atoms with van der Waals surface area (Å²) in [7, 11) is 0. The van der Waals surface area contributed by atoms with E-state index in [-0.39, 0.29) is 17.7 Å². The second kappa shape index (κ2) is 5.63. The predicted molar refractivity (Wildman–Crippen MR) is 84.9 cm³/mol. The van der Waals surface area contributed by atoms with Crippen LogP contribution in [0.5, 0.6) is 0 Å². The van der Waals surface area contributed by atoms with E-state index in [1.807, 2.05) is 60.7 Å². The van der Waals surface area contributed by atoms with Gasteiger partial charge in [0.05, 0.1) is 12.0 Å². The summed E-state index contributed by atoms with van der Waals surface area (Å²) in [5, 5.41) is 3.42. The van der Waals surface area contributed by atoms with Crippen molar-refractivity contribution >= 4 is 27.4 Å². The highest BCUT2D eigenvalue weighted by Gasteiger charge is 2.31. The molecular weight excluding hydrogens is 314 g/mol. The van der Waals surface area contributed by atoms with Gasteiger partial charge in [0.25, 0.3) is 0 Å². The molecule has 1 aliphatic carbocycles. The zero-order chi connectivity index (χ0) is 13.9. The van der Waals surface area contributed by atoms with Crippen LogP contribution in [0.15, 0.2) is 71.2 Å². The van der Waals surface area contributed by atoms with E-state index in [2.05, 4.69) is 21.2 Å². The molecule has 2 unspecified atom stereocenters. The van der Waals surface area contributed by atoms with Crippen LogP contribution in [-0.2, 0) is 4.79 Å². The number of rotatable bonds is 3. The molecule has 1 N–H and O–H groups in total. The Kier molecular flexibility index (Phi) is 3.70. The van der Waals surface area contributed by atoms with Gasteiger partial charge in [0.15, 0.2) is 5.78 Å². The van der Waals surface area contributed by atoms with E-state index in [1.165, 1.54) is 0 Å². The van der Waals surface area contributed by atoms with Gasteiger partial charge < -0.3 is 5.32 Å². The lowest BCUT2D eigenvalue weighted by Crippen LogP contribution is -2.25. The molecule has 0 aromatic heterocycles. The number of hydrogen-bond acceptors (Lipinski definition) is 2. The summed E-state index contributed by atoms with van der Waals surface area (Å²) in [5.41, 5.74) is 2.07. The Balaban J connectivity index is 1.83. The third-order valence-corrected chi connectivity index (χ3v) is 4.00. The molecule has 0 radical (unpaired) electrons. The van der Waals surface area contributed by atoms with Crippen LogP contribution in [0.3, 0.4) is 0 Å². The van der Waals surface area contributed by atoms with Crippen LogP contribution in [0.4, 0.5) is 5.69 Å². The molecule has 2 atom stereocenters. The molecule has 20 heavy (non-hydrogen) atoms. The Hall–Kier alpha value is -1.87. The molecule has 100 valence electrons. The molecule has 0 amide bonds. The standard InChI is InChI=1S/C17H14BrNO/c18-13-6-8-14(9-7-13)19-15-10-11-16(20)17(15)12-4-2-1-3-5-12/h1-11,15,17,19H. The molecule has 0 aliphatic heterocycles. The second-order valence-corrected chi connectivity index (χ2v) is 5.74. The highest BCUT2D eigenvalue weighted by atomic mass is 79.9. The molecule has 2 nitrogen and oxygen atoms in total. The first-order valence-electron chi connectivity index (χ1n) is 6.53. The van der Waals surface area contributed by atoms with Crippen molar-refractivity contribution < 1.29 is 4.79 Å². The molecule has 2 aromatic carbocycles. The van der Waals surface area contributed by atoms with Crippen LogP contribution in [0, 0.1) is 0 Å². The van der Waals surface area contributed by atoms with Gasteiger partial charge in [-0.05, 0) is 35.9 Å². The molecule has 0 fully saturated rings. The molecular formula is C17H14BrNO. The normalized spacial score (nSPS) is 21.1. The van der Waals surface area contributed by atoms with Crippen molar-refractivity contribution in [2.45, 2.75) is 12.0 Å². The maximum absolute atomic E-state index is 12.1. The highest BCUT2D eigenvalue weighted by molar-refractivity contribution is 9.10. The minimum absolute atomic E-state index is 0.00563. The lowest BCUT2D eigenvalue weighted by Gasteiger charge is -2.21. The molecule has 3 rings (SSSR count). The van der Waals surface area contributed by atoms with E-state index in [4.69, 9.17) is 0 Å². The van der Waals surface area contributed by atoms with Crippen molar-refractivity contribution in [1.29, 1.82) is 0 Å². The third-order valence-electron chi connectivity index (χ3n) is 3.47. The summed E-state index contributed by atoms with van der Waals surface area (Å²) >= 11 is 3.42. The number of halogens is 1. The lowest BCUT2D eigenvalue weighted by molar-refractivity contribution is -0.115. The molecule has 0 saturated heterocycles.